The van der Waals surface area contributed by atoms with Crippen LogP contribution in [0.4, 0.5) is 0 Å². The minimum absolute atomic E-state index is 0.229. The number of nitrogens with one attached hydrogen (secondary N) is 1. The van der Waals surface area contributed by atoms with Crippen molar-refractivity contribution in [2.45, 2.75) is 31.8 Å². The normalized spacial score (nSPS) is 12.2. The molecule has 0 unspecified atom stereocenters. The third-order valence-corrected chi connectivity index (χ3v) is 6.04. The molecule has 0 aliphatic heterocycles. The average Bonchev–Trinajstić information content (AvgIpc) is 3.05. The Kier molecular flexibility index (Phi) is 5.21. The van der Waals surface area contributed by atoms with E-state index >= 15 is 0 Å². The highest BCUT2D eigenvalue weighted by atomic mass is 32.2. The van der Waals surface area contributed by atoms with Gasteiger partial charge in [0, 0.05) is 18.5 Å². The Balaban J connectivity index is 2.19. The first-order valence-corrected chi connectivity index (χ1v) is 9.06. The maximum Gasteiger partial charge on any atom is 0.244 e. The number of aryl methyl sites for hydroxylation is 1. The predicted molar refractivity (Wildman–Crippen MR) is 83.8 cm³/mol. The maximum absolute atomic E-state index is 12.7. The molecule has 0 spiro atoms. The Morgan fingerprint density at radius 1 is 1.33 bits per heavy atom. The van der Waals surface area contributed by atoms with E-state index < -0.39 is 10.0 Å². The molecule has 0 atom stereocenters. The van der Waals surface area contributed by atoms with Crippen molar-refractivity contribution in [3.8, 4) is 0 Å². The van der Waals surface area contributed by atoms with E-state index in [1.165, 1.54) is 15.6 Å². The van der Waals surface area contributed by atoms with Gasteiger partial charge in [0.25, 0.3) is 0 Å². The van der Waals surface area contributed by atoms with E-state index in [1.54, 1.807) is 19.2 Å². The molecule has 0 bridgehead atoms. The van der Waals surface area contributed by atoms with E-state index in [0.29, 0.717) is 17.2 Å². The summed E-state index contributed by atoms with van der Waals surface area (Å²) < 4.78 is 32.1. The largest absolute Gasteiger partial charge is 0.465 e. The molecule has 116 valence electrons. The first-order chi connectivity index (χ1) is 9.95. The lowest BCUT2D eigenvalue weighted by atomic mass is 10.4. The van der Waals surface area contributed by atoms with Crippen LogP contribution in [0.1, 0.15) is 23.3 Å². The first-order valence-electron chi connectivity index (χ1n) is 6.74. The van der Waals surface area contributed by atoms with Crippen LogP contribution in [0, 0.1) is 6.92 Å². The molecule has 1 N–H and O–H groups in total. The van der Waals surface area contributed by atoms with Crippen molar-refractivity contribution in [1.29, 1.82) is 0 Å². The Hall–Kier alpha value is -1.15. The van der Waals surface area contributed by atoms with Crippen molar-refractivity contribution in [3.05, 3.63) is 40.0 Å². The highest BCUT2D eigenvalue weighted by Crippen LogP contribution is 2.25. The predicted octanol–water partition coefficient (Wildman–Crippen LogP) is 2.58. The zero-order valence-corrected chi connectivity index (χ0v) is 14.1. The lowest BCUT2D eigenvalue weighted by Gasteiger charge is -2.16. The maximum atomic E-state index is 12.7. The molecular weight excluding hydrogens is 308 g/mol. The quantitative estimate of drug-likeness (QED) is 0.848. The van der Waals surface area contributed by atoms with Gasteiger partial charge in [0.15, 0.2) is 0 Å². The molecular formula is C14H20N2O3S2. The second kappa shape index (κ2) is 6.74. The summed E-state index contributed by atoms with van der Waals surface area (Å²) in [5.41, 5.74) is 0. The van der Waals surface area contributed by atoms with Gasteiger partial charge in [0.05, 0.1) is 11.4 Å². The minimum atomic E-state index is -3.50. The van der Waals surface area contributed by atoms with Crippen LogP contribution < -0.4 is 5.32 Å². The molecule has 0 saturated carbocycles. The molecule has 0 aromatic carbocycles. The second-order valence-electron chi connectivity index (χ2n) is 4.76. The van der Waals surface area contributed by atoms with Crippen molar-refractivity contribution >= 4 is 21.4 Å². The second-order valence-corrected chi connectivity index (χ2v) is 7.78. The topological polar surface area (TPSA) is 62.6 Å². The van der Waals surface area contributed by atoms with Crippen LogP contribution in [0.25, 0.3) is 0 Å². The highest BCUT2D eigenvalue weighted by Gasteiger charge is 2.25. The standard InChI is InChI=1S/C14H20N2O3S2/c1-4-15-9-13-14(7-8-20-13)21(17,18)16(3)10-12-6-5-11(2)19-12/h5-8,15H,4,9-10H2,1-3H3. The van der Waals surface area contributed by atoms with Gasteiger partial charge in [-0.05, 0) is 37.0 Å². The summed E-state index contributed by atoms with van der Waals surface area (Å²) in [4.78, 5) is 1.21. The van der Waals surface area contributed by atoms with E-state index in [9.17, 15) is 8.42 Å². The van der Waals surface area contributed by atoms with Gasteiger partial charge in [-0.15, -0.1) is 11.3 Å². The fourth-order valence-electron chi connectivity index (χ4n) is 1.97. The van der Waals surface area contributed by atoms with E-state index in [2.05, 4.69) is 5.32 Å². The molecule has 0 aliphatic rings. The number of rotatable bonds is 7. The van der Waals surface area contributed by atoms with Crippen molar-refractivity contribution in [2.75, 3.05) is 13.6 Å². The summed E-state index contributed by atoms with van der Waals surface area (Å²) in [6.45, 7) is 5.43. The fourth-order valence-corrected chi connectivity index (χ4v) is 4.49. The van der Waals surface area contributed by atoms with Crippen LogP contribution in [-0.2, 0) is 23.1 Å². The molecule has 2 rings (SSSR count). The lowest BCUT2D eigenvalue weighted by Crippen LogP contribution is -2.27. The summed E-state index contributed by atoms with van der Waals surface area (Å²) >= 11 is 1.45. The summed E-state index contributed by atoms with van der Waals surface area (Å²) in [5, 5.41) is 4.97. The molecule has 0 aliphatic carbocycles. The molecule has 0 saturated heterocycles. The monoisotopic (exact) mass is 328 g/mol. The van der Waals surface area contributed by atoms with E-state index in [0.717, 1.165) is 17.2 Å². The minimum Gasteiger partial charge on any atom is -0.465 e. The summed E-state index contributed by atoms with van der Waals surface area (Å²) in [6.07, 6.45) is 0. The number of hydrogen-bond donors (Lipinski definition) is 1. The number of sulfonamides is 1. The Morgan fingerprint density at radius 3 is 2.71 bits per heavy atom. The fraction of sp³-hybridized carbons (Fsp3) is 0.429. The van der Waals surface area contributed by atoms with E-state index in [1.807, 2.05) is 25.3 Å². The number of nitrogens with zero attached hydrogens (tertiary/aromatic N) is 1. The van der Waals surface area contributed by atoms with Crippen LogP contribution in [0.15, 0.2) is 32.9 Å². The average molecular weight is 328 g/mol. The van der Waals surface area contributed by atoms with Crippen molar-refractivity contribution < 1.29 is 12.8 Å². The van der Waals surface area contributed by atoms with Gasteiger partial charge in [-0.25, -0.2) is 8.42 Å². The van der Waals surface area contributed by atoms with Gasteiger partial charge < -0.3 is 9.73 Å². The SMILES string of the molecule is CCNCc1sccc1S(=O)(=O)N(C)Cc1ccc(C)o1. The molecule has 2 heterocycles. The van der Waals surface area contributed by atoms with Gasteiger partial charge in [-0.2, -0.15) is 4.31 Å². The number of furan rings is 1. The van der Waals surface area contributed by atoms with E-state index in [-0.39, 0.29) is 6.54 Å². The first kappa shape index (κ1) is 16.2. The van der Waals surface area contributed by atoms with Gasteiger partial charge in [0.1, 0.15) is 11.5 Å². The Labute approximate surface area is 129 Å². The Bertz CT molecular complexity index is 689. The van der Waals surface area contributed by atoms with Crippen molar-refractivity contribution in [3.63, 3.8) is 0 Å². The number of thiophene rings is 1. The smallest absolute Gasteiger partial charge is 0.244 e. The molecule has 0 fully saturated rings. The van der Waals surface area contributed by atoms with Crippen LogP contribution in [-0.4, -0.2) is 26.3 Å². The van der Waals surface area contributed by atoms with Gasteiger partial charge in [-0.3, -0.25) is 0 Å². The van der Waals surface area contributed by atoms with Crippen molar-refractivity contribution in [1.82, 2.24) is 9.62 Å². The summed E-state index contributed by atoms with van der Waals surface area (Å²) in [5.74, 6) is 1.42. The van der Waals surface area contributed by atoms with E-state index in [4.69, 9.17) is 4.42 Å². The van der Waals surface area contributed by atoms with Crippen molar-refractivity contribution in [2.24, 2.45) is 0 Å². The molecule has 21 heavy (non-hydrogen) atoms. The number of hydrogen-bond acceptors (Lipinski definition) is 5. The summed E-state index contributed by atoms with van der Waals surface area (Å²) in [7, 11) is -1.93. The Morgan fingerprint density at radius 2 is 2.10 bits per heavy atom. The molecule has 0 amide bonds. The third-order valence-electron chi connectivity index (χ3n) is 3.10. The zero-order chi connectivity index (χ0) is 15.5. The van der Waals surface area contributed by atoms with Gasteiger partial charge >= 0.3 is 0 Å². The third kappa shape index (κ3) is 3.74. The lowest BCUT2D eigenvalue weighted by molar-refractivity contribution is 0.397. The van der Waals surface area contributed by atoms with Crippen LogP contribution >= 0.6 is 11.3 Å². The molecule has 7 heteroatoms. The highest BCUT2D eigenvalue weighted by molar-refractivity contribution is 7.89. The van der Waals surface area contributed by atoms with Crippen LogP contribution in [0.2, 0.25) is 0 Å². The van der Waals surface area contributed by atoms with Gasteiger partial charge in [0.2, 0.25) is 10.0 Å². The summed E-state index contributed by atoms with van der Waals surface area (Å²) in [6, 6.07) is 5.29. The van der Waals surface area contributed by atoms with Crippen LogP contribution in [0.5, 0.6) is 0 Å². The molecule has 2 aromatic rings. The van der Waals surface area contributed by atoms with Crippen LogP contribution in [0.3, 0.4) is 0 Å². The molecule has 2 aromatic heterocycles. The molecule has 5 nitrogen and oxygen atoms in total. The zero-order valence-electron chi connectivity index (χ0n) is 12.4. The molecule has 0 radical (unpaired) electrons. The van der Waals surface area contributed by atoms with Gasteiger partial charge in [-0.1, -0.05) is 6.92 Å².